The summed E-state index contributed by atoms with van der Waals surface area (Å²) in [6, 6.07) is 21.5. The van der Waals surface area contributed by atoms with E-state index in [0.717, 1.165) is 10.8 Å². The van der Waals surface area contributed by atoms with Crippen molar-refractivity contribution in [1.29, 1.82) is 0 Å². The van der Waals surface area contributed by atoms with Crippen molar-refractivity contribution < 1.29 is 32.9 Å². The highest BCUT2D eigenvalue weighted by atomic mass is 31.2. The van der Waals surface area contributed by atoms with Crippen molar-refractivity contribution in [2.24, 2.45) is 0 Å². The fraction of sp³-hybridized carbons (Fsp3) is 0.333. The molecule has 196 valence electrons. The molecule has 1 aliphatic rings. The van der Waals surface area contributed by atoms with E-state index < -0.39 is 38.1 Å². The average molecular weight is 527 g/mol. The van der Waals surface area contributed by atoms with Crippen LogP contribution in [-0.2, 0) is 23.3 Å². The summed E-state index contributed by atoms with van der Waals surface area (Å²) >= 11 is 0. The highest BCUT2D eigenvalue weighted by Crippen LogP contribution is 2.53. The second-order valence-corrected chi connectivity index (χ2v) is 11.9. The zero-order valence-electron chi connectivity index (χ0n) is 21.3. The van der Waals surface area contributed by atoms with Gasteiger partial charge in [-0.2, -0.15) is 0 Å². The Morgan fingerprint density at radius 3 is 2.24 bits per heavy atom. The number of nitrogens with zero attached hydrogens (tertiary/aromatic N) is 2. The van der Waals surface area contributed by atoms with Gasteiger partial charge in [0.1, 0.15) is 18.8 Å². The summed E-state index contributed by atoms with van der Waals surface area (Å²) in [4.78, 5) is 25.7. The van der Waals surface area contributed by atoms with Gasteiger partial charge < -0.3 is 14.2 Å². The first-order valence-electron chi connectivity index (χ1n) is 11.9. The molecule has 1 heterocycles. The smallest absolute Gasteiger partial charge is 0.347 e. The summed E-state index contributed by atoms with van der Waals surface area (Å²) in [5, 5.41) is 1.67. The zero-order valence-corrected chi connectivity index (χ0v) is 22.2. The summed E-state index contributed by atoms with van der Waals surface area (Å²) < 4.78 is 39.5. The standard InChI is InChI=1S/C27H31N2O7P/c1-28(2)37(32,29(3)4)36-25-17-23(24(34-25)18-33-26(30)20-12-6-5-7-13-20)35-27(31)22-16-10-14-19-11-8-9-15-21(19)22/h5-16,23-25H,17-18H2,1-4H3/t23-,24+,25-/m0/s1. The summed E-state index contributed by atoms with van der Waals surface area (Å²) in [5.74, 6) is -1.06. The van der Waals surface area contributed by atoms with Crippen LogP contribution in [0.4, 0.5) is 0 Å². The molecule has 1 saturated heterocycles. The highest BCUT2D eigenvalue weighted by Gasteiger charge is 2.44. The molecule has 9 nitrogen and oxygen atoms in total. The third kappa shape index (κ3) is 6.09. The van der Waals surface area contributed by atoms with E-state index in [1.807, 2.05) is 30.3 Å². The van der Waals surface area contributed by atoms with Gasteiger partial charge in [0.2, 0.25) is 0 Å². The van der Waals surface area contributed by atoms with E-state index in [9.17, 15) is 14.2 Å². The van der Waals surface area contributed by atoms with Crippen LogP contribution in [0.25, 0.3) is 10.8 Å². The maximum Gasteiger partial charge on any atom is 0.347 e. The van der Waals surface area contributed by atoms with Crippen molar-refractivity contribution in [3.8, 4) is 0 Å². The van der Waals surface area contributed by atoms with E-state index in [4.69, 9.17) is 18.7 Å². The normalized spacial score (nSPS) is 19.9. The van der Waals surface area contributed by atoms with Crippen LogP contribution >= 0.6 is 7.67 Å². The highest BCUT2D eigenvalue weighted by molar-refractivity contribution is 7.53. The molecule has 1 fully saturated rings. The minimum absolute atomic E-state index is 0.121. The summed E-state index contributed by atoms with van der Waals surface area (Å²) in [5.41, 5.74) is 0.803. The molecule has 3 aromatic carbocycles. The third-order valence-corrected chi connectivity index (χ3v) is 8.62. The Labute approximate surface area is 216 Å². The lowest BCUT2D eigenvalue weighted by Crippen LogP contribution is -2.32. The number of ether oxygens (including phenoxy) is 3. The Morgan fingerprint density at radius 1 is 0.892 bits per heavy atom. The minimum atomic E-state index is -3.38. The first-order valence-corrected chi connectivity index (χ1v) is 13.4. The molecule has 4 rings (SSSR count). The van der Waals surface area contributed by atoms with Gasteiger partial charge >= 0.3 is 19.6 Å². The topological polar surface area (TPSA) is 94.6 Å². The molecule has 1 aliphatic heterocycles. The molecule has 0 spiro atoms. The molecule has 0 aliphatic carbocycles. The Morgan fingerprint density at radius 2 is 1.54 bits per heavy atom. The fourth-order valence-corrected chi connectivity index (χ4v) is 5.67. The number of carbonyl (C=O) groups excluding carboxylic acids is 2. The van der Waals surface area contributed by atoms with Gasteiger partial charge in [0, 0.05) is 6.42 Å². The molecule has 0 saturated carbocycles. The second-order valence-electron chi connectivity index (χ2n) is 9.07. The van der Waals surface area contributed by atoms with Gasteiger partial charge in [-0.05, 0) is 57.2 Å². The third-order valence-electron chi connectivity index (χ3n) is 6.09. The molecule has 0 bridgehead atoms. The van der Waals surface area contributed by atoms with Crippen molar-refractivity contribution in [3.63, 3.8) is 0 Å². The van der Waals surface area contributed by atoms with Gasteiger partial charge in [0.25, 0.3) is 0 Å². The number of hydrogen-bond acceptors (Lipinski definition) is 7. The van der Waals surface area contributed by atoms with Crippen molar-refractivity contribution in [2.45, 2.75) is 24.9 Å². The predicted octanol–water partition coefficient (Wildman–Crippen LogP) is 4.59. The lowest BCUT2D eigenvalue weighted by Gasteiger charge is -2.31. The quantitative estimate of drug-likeness (QED) is 0.293. The molecule has 3 aromatic rings. The van der Waals surface area contributed by atoms with E-state index in [2.05, 4.69) is 0 Å². The van der Waals surface area contributed by atoms with Crippen LogP contribution in [0.15, 0.2) is 72.8 Å². The maximum absolute atomic E-state index is 13.4. The van der Waals surface area contributed by atoms with Crippen LogP contribution < -0.4 is 0 Å². The Bertz CT molecular complexity index is 1280. The lowest BCUT2D eigenvalue weighted by atomic mass is 10.0. The van der Waals surface area contributed by atoms with Gasteiger partial charge in [0.15, 0.2) is 6.29 Å². The fourth-order valence-electron chi connectivity index (χ4n) is 4.14. The molecule has 10 heteroatoms. The van der Waals surface area contributed by atoms with Crippen LogP contribution in [0.5, 0.6) is 0 Å². The van der Waals surface area contributed by atoms with Gasteiger partial charge in [-0.3, -0.25) is 9.09 Å². The predicted molar refractivity (Wildman–Crippen MR) is 139 cm³/mol. The van der Waals surface area contributed by atoms with E-state index >= 15 is 0 Å². The number of esters is 2. The van der Waals surface area contributed by atoms with E-state index in [0.29, 0.717) is 11.1 Å². The molecule has 0 aromatic heterocycles. The van der Waals surface area contributed by atoms with Gasteiger partial charge in [-0.1, -0.05) is 54.6 Å². The van der Waals surface area contributed by atoms with Crippen LogP contribution in [0.1, 0.15) is 27.1 Å². The summed E-state index contributed by atoms with van der Waals surface area (Å²) in [6.07, 6.45) is -2.43. The van der Waals surface area contributed by atoms with Crippen LogP contribution in [0, 0.1) is 0 Å². The molecular formula is C27H31N2O7P. The Balaban J connectivity index is 1.53. The zero-order chi connectivity index (χ0) is 26.6. The van der Waals surface area contributed by atoms with Gasteiger partial charge in [0.05, 0.1) is 11.1 Å². The van der Waals surface area contributed by atoms with E-state index in [-0.39, 0.29) is 13.0 Å². The Kier molecular flexibility index (Phi) is 8.42. The number of benzene rings is 3. The molecule has 0 unspecified atom stereocenters. The van der Waals surface area contributed by atoms with Crippen LogP contribution in [0.2, 0.25) is 0 Å². The molecule has 0 N–H and O–H groups in total. The van der Waals surface area contributed by atoms with Gasteiger partial charge in [-0.15, -0.1) is 0 Å². The SMILES string of the molecule is CN(C)P(=O)(O[C@H]1C[C@H](OC(=O)c2cccc3ccccc23)[C@@H](COC(=O)c2ccccc2)O1)N(C)C. The Hall–Kier alpha value is -3.07. The summed E-state index contributed by atoms with van der Waals surface area (Å²) in [7, 11) is 3.20. The molecule has 0 amide bonds. The van der Waals surface area contributed by atoms with Crippen molar-refractivity contribution in [3.05, 3.63) is 83.9 Å². The lowest BCUT2D eigenvalue weighted by molar-refractivity contribution is -0.101. The van der Waals surface area contributed by atoms with Crippen molar-refractivity contribution >= 4 is 30.4 Å². The molecule has 37 heavy (non-hydrogen) atoms. The summed E-state index contributed by atoms with van der Waals surface area (Å²) in [6.45, 7) is -0.171. The number of fused-ring (bicyclic) bond motifs is 1. The first kappa shape index (κ1) is 27.0. The van der Waals surface area contributed by atoms with Crippen molar-refractivity contribution in [1.82, 2.24) is 9.34 Å². The van der Waals surface area contributed by atoms with E-state index in [1.165, 1.54) is 9.34 Å². The van der Waals surface area contributed by atoms with Crippen LogP contribution in [-0.4, -0.2) is 74.6 Å². The average Bonchev–Trinajstić information content (AvgIpc) is 3.27. The minimum Gasteiger partial charge on any atom is -0.459 e. The van der Waals surface area contributed by atoms with Crippen LogP contribution in [0.3, 0.4) is 0 Å². The first-order chi connectivity index (χ1) is 17.7. The molecular weight excluding hydrogens is 495 g/mol. The monoisotopic (exact) mass is 526 g/mol. The number of hydrogen-bond donors (Lipinski definition) is 0. The maximum atomic E-state index is 13.4. The largest absolute Gasteiger partial charge is 0.459 e. The molecule has 3 atom stereocenters. The number of rotatable bonds is 9. The van der Waals surface area contributed by atoms with Crippen molar-refractivity contribution in [2.75, 3.05) is 34.8 Å². The van der Waals surface area contributed by atoms with Gasteiger partial charge in [-0.25, -0.2) is 18.9 Å². The second kappa shape index (κ2) is 11.5. The molecule has 0 radical (unpaired) electrons. The number of carbonyl (C=O) groups is 2. The van der Waals surface area contributed by atoms with E-state index in [1.54, 1.807) is 70.7 Å².